The highest BCUT2D eigenvalue weighted by Gasteiger charge is 2.33. The van der Waals surface area contributed by atoms with Crippen molar-refractivity contribution in [3.05, 3.63) is 62.6 Å². The van der Waals surface area contributed by atoms with Gasteiger partial charge < -0.3 is 10.2 Å². The van der Waals surface area contributed by atoms with Crippen molar-refractivity contribution in [1.29, 1.82) is 0 Å². The minimum Gasteiger partial charge on any atom is -0.352 e. The van der Waals surface area contributed by atoms with E-state index in [0.29, 0.717) is 33.5 Å². The number of amides is 2. The standard InChI is InChI=1S/C25H32Cl3N3O4S/c1-6-17(4)29-25(33)23(7-2)30(14-19-20(26)9-8-10-21(19)27)24(32)15-31(36(5,34)35)18-12-11-16(3)22(28)13-18/h8-13,17,23H,6-7,14-15H2,1-5H3,(H,29,33)/t17-,23-/m1/s1. The minimum absolute atomic E-state index is 0.0734. The minimum atomic E-state index is -3.87. The van der Waals surface area contributed by atoms with Crippen LogP contribution >= 0.6 is 34.8 Å². The molecule has 0 fully saturated rings. The average molecular weight is 577 g/mol. The third kappa shape index (κ3) is 7.75. The molecule has 0 aliphatic heterocycles. The second-order valence-electron chi connectivity index (χ2n) is 8.67. The number of carbonyl (C=O) groups is 2. The summed E-state index contributed by atoms with van der Waals surface area (Å²) in [6, 6.07) is 8.74. The summed E-state index contributed by atoms with van der Waals surface area (Å²) in [5.74, 6) is -0.924. The number of sulfonamides is 1. The van der Waals surface area contributed by atoms with E-state index in [9.17, 15) is 18.0 Å². The molecule has 0 saturated carbocycles. The van der Waals surface area contributed by atoms with E-state index in [-0.39, 0.29) is 24.2 Å². The second-order valence-corrected chi connectivity index (χ2v) is 11.8. The number of aryl methyl sites for hydroxylation is 1. The highest BCUT2D eigenvalue weighted by atomic mass is 35.5. The van der Waals surface area contributed by atoms with E-state index in [0.717, 1.165) is 16.1 Å². The van der Waals surface area contributed by atoms with Crippen molar-refractivity contribution in [2.75, 3.05) is 17.1 Å². The number of nitrogens with zero attached hydrogens (tertiary/aromatic N) is 2. The van der Waals surface area contributed by atoms with E-state index < -0.39 is 28.5 Å². The summed E-state index contributed by atoms with van der Waals surface area (Å²) < 4.78 is 26.4. The number of halogens is 3. The molecule has 0 aliphatic carbocycles. The Kier molecular flexibility index (Phi) is 10.9. The van der Waals surface area contributed by atoms with Crippen LogP contribution in [-0.4, -0.2) is 50.0 Å². The molecule has 2 rings (SSSR count). The molecule has 11 heteroatoms. The molecule has 0 aliphatic rings. The van der Waals surface area contributed by atoms with Gasteiger partial charge >= 0.3 is 0 Å². The average Bonchev–Trinajstić information content (AvgIpc) is 2.80. The van der Waals surface area contributed by atoms with Crippen LogP contribution in [0.2, 0.25) is 15.1 Å². The van der Waals surface area contributed by atoms with Crippen molar-refractivity contribution < 1.29 is 18.0 Å². The summed E-state index contributed by atoms with van der Waals surface area (Å²) in [6.07, 6.45) is 2.02. The summed E-state index contributed by atoms with van der Waals surface area (Å²) in [6.45, 7) is 6.77. The number of hydrogen-bond acceptors (Lipinski definition) is 4. The lowest BCUT2D eigenvalue weighted by Gasteiger charge is -2.33. The molecule has 0 bridgehead atoms. The van der Waals surface area contributed by atoms with Crippen LogP contribution in [0.5, 0.6) is 0 Å². The molecule has 2 aromatic carbocycles. The molecule has 1 N–H and O–H groups in total. The maximum Gasteiger partial charge on any atom is 0.244 e. The Balaban J connectivity index is 2.52. The largest absolute Gasteiger partial charge is 0.352 e. The van der Waals surface area contributed by atoms with Crippen LogP contribution in [0.3, 0.4) is 0 Å². The van der Waals surface area contributed by atoms with Crippen LogP contribution in [0.4, 0.5) is 5.69 Å². The normalized spacial score (nSPS) is 13.1. The van der Waals surface area contributed by atoms with Crippen molar-refractivity contribution in [1.82, 2.24) is 10.2 Å². The fraction of sp³-hybridized carbons (Fsp3) is 0.440. The van der Waals surface area contributed by atoms with Gasteiger partial charge in [0.1, 0.15) is 12.6 Å². The monoisotopic (exact) mass is 575 g/mol. The molecule has 36 heavy (non-hydrogen) atoms. The van der Waals surface area contributed by atoms with Gasteiger partial charge in [-0.25, -0.2) is 8.42 Å². The molecule has 2 aromatic rings. The predicted molar refractivity (Wildman–Crippen MR) is 147 cm³/mol. The van der Waals surface area contributed by atoms with Crippen molar-refractivity contribution >= 4 is 62.3 Å². The third-order valence-corrected chi connectivity index (χ3v) is 8.16. The Labute approximate surface area is 228 Å². The predicted octanol–water partition coefficient (Wildman–Crippen LogP) is 5.44. The summed E-state index contributed by atoms with van der Waals surface area (Å²) in [5.41, 5.74) is 1.48. The van der Waals surface area contributed by atoms with Crippen molar-refractivity contribution in [2.45, 2.75) is 59.2 Å². The van der Waals surface area contributed by atoms with E-state index in [1.807, 2.05) is 13.8 Å². The molecule has 0 heterocycles. The van der Waals surface area contributed by atoms with E-state index in [1.165, 1.54) is 11.0 Å². The summed E-state index contributed by atoms with van der Waals surface area (Å²) >= 11 is 19.0. The molecule has 7 nitrogen and oxygen atoms in total. The Morgan fingerprint density at radius 1 is 1.00 bits per heavy atom. The highest BCUT2D eigenvalue weighted by Crippen LogP contribution is 2.28. The van der Waals surface area contributed by atoms with Gasteiger partial charge in [0, 0.05) is 33.2 Å². The van der Waals surface area contributed by atoms with Gasteiger partial charge in [0.2, 0.25) is 21.8 Å². The summed E-state index contributed by atoms with van der Waals surface area (Å²) in [5, 5.41) is 3.95. The first-order valence-electron chi connectivity index (χ1n) is 11.6. The fourth-order valence-corrected chi connectivity index (χ4v) is 5.10. The van der Waals surface area contributed by atoms with Gasteiger partial charge in [-0.3, -0.25) is 13.9 Å². The molecule has 0 aromatic heterocycles. The molecule has 0 saturated heterocycles. The van der Waals surface area contributed by atoms with E-state index in [4.69, 9.17) is 34.8 Å². The maximum absolute atomic E-state index is 13.7. The zero-order valence-electron chi connectivity index (χ0n) is 21.0. The molecule has 2 amide bonds. The molecular weight excluding hydrogens is 545 g/mol. The number of benzene rings is 2. The smallest absolute Gasteiger partial charge is 0.244 e. The van der Waals surface area contributed by atoms with Crippen molar-refractivity contribution in [3.63, 3.8) is 0 Å². The topological polar surface area (TPSA) is 86.8 Å². The van der Waals surface area contributed by atoms with E-state index in [2.05, 4.69) is 5.32 Å². The van der Waals surface area contributed by atoms with Gasteiger partial charge in [-0.15, -0.1) is 0 Å². The molecule has 0 radical (unpaired) electrons. The van der Waals surface area contributed by atoms with Crippen LogP contribution in [0.15, 0.2) is 36.4 Å². The van der Waals surface area contributed by atoms with Gasteiger partial charge in [-0.2, -0.15) is 0 Å². The number of nitrogens with one attached hydrogen (secondary N) is 1. The van der Waals surface area contributed by atoms with Crippen molar-refractivity contribution in [3.8, 4) is 0 Å². The Hall–Kier alpha value is -2.00. The summed E-state index contributed by atoms with van der Waals surface area (Å²) in [4.78, 5) is 28.2. The molecule has 0 spiro atoms. The molecule has 0 unspecified atom stereocenters. The van der Waals surface area contributed by atoms with Gasteiger partial charge in [0.05, 0.1) is 11.9 Å². The zero-order valence-corrected chi connectivity index (χ0v) is 24.1. The first-order chi connectivity index (χ1) is 16.8. The fourth-order valence-electron chi connectivity index (χ4n) is 3.56. The van der Waals surface area contributed by atoms with Gasteiger partial charge in [-0.05, 0) is 56.5 Å². The lowest BCUT2D eigenvalue weighted by Crippen LogP contribution is -2.53. The van der Waals surface area contributed by atoms with Crippen LogP contribution in [0.1, 0.15) is 44.7 Å². The Bertz CT molecular complexity index is 1190. The first kappa shape index (κ1) is 30.2. The SMILES string of the molecule is CC[C@@H](C)NC(=O)[C@@H](CC)N(Cc1c(Cl)cccc1Cl)C(=O)CN(c1ccc(C)c(Cl)c1)S(C)(=O)=O. The number of anilines is 1. The zero-order chi connectivity index (χ0) is 27.2. The highest BCUT2D eigenvalue weighted by molar-refractivity contribution is 7.92. The van der Waals surface area contributed by atoms with Gasteiger partial charge in [0.25, 0.3) is 0 Å². The van der Waals surface area contributed by atoms with Crippen LogP contribution < -0.4 is 9.62 Å². The quantitative estimate of drug-likeness (QED) is 0.386. The number of hydrogen-bond donors (Lipinski definition) is 1. The number of rotatable bonds is 11. The molecule has 198 valence electrons. The molecule has 2 atom stereocenters. The van der Waals surface area contributed by atoms with Crippen LogP contribution in [0.25, 0.3) is 0 Å². The second kappa shape index (κ2) is 13.0. The van der Waals surface area contributed by atoms with Crippen LogP contribution in [-0.2, 0) is 26.2 Å². The van der Waals surface area contributed by atoms with Crippen molar-refractivity contribution in [2.24, 2.45) is 0 Å². The Morgan fingerprint density at radius 3 is 2.11 bits per heavy atom. The van der Waals surface area contributed by atoms with Gasteiger partial charge in [-0.1, -0.05) is 60.8 Å². The van der Waals surface area contributed by atoms with Crippen LogP contribution in [0, 0.1) is 6.92 Å². The first-order valence-corrected chi connectivity index (χ1v) is 14.5. The summed E-state index contributed by atoms with van der Waals surface area (Å²) in [7, 11) is -3.87. The van der Waals surface area contributed by atoms with E-state index in [1.54, 1.807) is 44.2 Å². The molecular formula is C25H32Cl3N3O4S. The van der Waals surface area contributed by atoms with Gasteiger partial charge in [0.15, 0.2) is 0 Å². The maximum atomic E-state index is 13.7. The third-order valence-electron chi connectivity index (χ3n) is 5.90. The lowest BCUT2D eigenvalue weighted by atomic mass is 10.1. The lowest BCUT2D eigenvalue weighted by molar-refractivity contribution is -0.140. The van der Waals surface area contributed by atoms with E-state index >= 15 is 0 Å². The Morgan fingerprint density at radius 2 is 1.61 bits per heavy atom. The number of carbonyl (C=O) groups excluding carboxylic acids is 2.